The molecule has 1 unspecified atom stereocenters. The highest BCUT2D eigenvalue weighted by Gasteiger charge is 2.28. The van der Waals surface area contributed by atoms with E-state index < -0.39 is 11.9 Å². The van der Waals surface area contributed by atoms with E-state index >= 15 is 0 Å². The largest absolute Gasteiger partial charge is 0.623 e. The van der Waals surface area contributed by atoms with Crippen molar-refractivity contribution in [2.24, 2.45) is 5.16 Å². The zero-order chi connectivity index (χ0) is 17.1. The zero-order valence-electron chi connectivity index (χ0n) is 12.9. The summed E-state index contributed by atoms with van der Waals surface area (Å²) >= 11 is 6.09. The molecule has 0 bridgehead atoms. The molecule has 124 valence electrons. The summed E-state index contributed by atoms with van der Waals surface area (Å²) in [4.78, 5) is 4.68. The van der Waals surface area contributed by atoms with Crippen molar-refractivity contribution in [1.82, 2.24) is 0 Å². The molecule has 0 fully saturated rings. The Morgan fingerprint density at radius 2 is 2.12 bits per heavy atom. The van der Waals surface area contributed by atoms with E-state index in [1.807, 2.05) is 0 Å². The maximum absolute atomic E-state index is 14.3. The third-order valence-corrected chi connectivity index (χ3v) is 3.90. The number of nitrogens with one attached hydrogen (secondary N) is 1. The van der Waals surface area contributed by atoms with Crippen LogP contribution >= 0.6 is 11.6 Å². The Balaban J connectivity index is 2.20. The highest BCUT2D eigenvalue weighted by molar-refractivity contribution is 6.31. The van der Waals surface area contributed by atoms with Gasteiger partial charge in [0.25, 0.3) is 0 Å². The first kappa shape index (κ1) is 16.3. The van der Waals surface area contributed by atoms with Gasteiger partial charge in [0.2, 0.25) is 5.71 Å². The molecule has 1 N–H and O–H groups in total. The number of rotatable bonds is 3. The second-order valence-electron chi connectivity index (χ2n) is 5.27. The van der Waals surface area contributed by atoms with Gasteiger partial charge >= 0.3 is 0 Å². The van der Waals surface area contributed by atoms with Gasteiger partial charge in [0.15, 0.2) is 6.54 Å². The lowest BCUT2D eigenvalue weighted by Crippen LogP contribution is -2.30. The number of benzene rings is 2. The van der Waals surface area contributed by atoms with Gasteiger partial charge in [-0.15, -0.1) is 0 Å². The standard InChI is InChI=1S/C17H15ClFN3O2/c1-24-20-9-12-10-22(23)17(13-4-2-3-5-15(13)19)14-8-11(18)6-7-16(14)21-12/h2-9,12,21H,10H2,1H3. The molecule has 0 saturated carbocycles. The topological polar surface area (TPSA) is 59.7 Å². The Kier molecular flexibility index (Phi) is 4.66. The summed E-state index contributed by atoms with van der Waals surface area (Å²) < 4.78 is 15.0. The molecule has 0 saturated heterocycles. The number of nitrogens with zero attached hydrogens (tertiary/aromatic N) is 2. The Morgan fingerprint density at radius 1 is 1.33 bits per heavy atom. The average molecular weight is 348 g/mol. The van der Waals surface area contributed by atoms with Crippen LogP contribution in [0.25, 0.3) is 0 Å². The number of hydrogen-bond donors (Lipinski definition) is 1. The van der Waals surface area contributed by atoms with Gasteiger partial charge in [0.1, 0.15) is 19.0 Å². The van der Waals surface area contributed by atoms with E-state index in [0.29, 0.717) is 16.3 Å². The second-order valence-corrected chi connectivity index (χ2v) is 5.70. The molecule has 0 aliphatic carbocycles. The van der Waals surface area contributed by atoms with Crippen LogP contribution in [0.15, 0.2) is 47.6 Å². The summed E-state index contributed by atoms with van der Waals surface area (Å²) in [6.07, 6.45) is 1.49. The molecule has 1 aliphatic heterocycles. The summed E-state index contributed by atoms with van der Waals surface area (Å²) in [7, 11) is 1.42. The summed E-state index contributed by atoms with van der Waals surface area (Å²) in [5, 5.41) is 20.1. The Labute approximate surface area is 143 Å². The fourth-order valence-corrected chi connectivity index (χ4v) is 2.81. The van der Waals surface area contributed by atoms with Crippen LogP contribution in [0.4, 0.5) is 10.1 Å². The van der Waals surface area contributed by atoms with Gasteiger partial charge in [-0.25, -0.2) is 9.13 Å². The molecule has 7 heteroatoms. The van der Waals surface area contributed by atoms with Gasteiger partial charge < -0.3 is 15.4 Å². The van der Waals surface area contributed by atoms with E-state index in [1.54, 1.807) is 36.4 Å². The minimum absolute atomic E-state index is 0.0445. The predicted octanol–water partition coefficient (Wildman–Crippen LogP) is 3.25. The Morgan fingerprint density at radius 3 is 2.88 bits per heavy atom. The first-order valence-electron chi connectivity index (χ1n) is 7.30. The summed E-state index contributed by atoms with van der Waals surface area (Å²) in [5.41, 5.74) is 1.66. The van der Waals surface area contributed by atoms with Crippen LogP contribution in [0.3, 0.4) is 0 Å². The van der Waals surface area contributed by atoms with Crippen molar-refractivity contribution in [3.8, 4) is 0 Å². The normalized spacial score (nSPS) is 17.4. The van der Waals surface area contributed by atoms with Crippen LogP contribution in [-0.4, -0.2) is 36.4 Å². The summed E-state index contributed by atoms with van der Waals surface area (Å²) in [5.74, 6) is -0.469. The van der Waals surface area contributed by atoms with Crippen LogP contribution in [0.1, 0.15) is 11.1 Å². The number of hydroxylamine groups is 1. The predicted molar refractivity (Wildman–Crippen MR) is 92.5 cm³/mol. The van der Waals surface area contributed by atoms with Crippen molar-refractivity contribution in [3.05, 3.63) is 69.6 Å². The third kappa shape index (κ3) is 3.19. The fourth-order valence-electron chi connectivity index (χ4n) is 2.64. The molecule has 2 aromatic carbocycles. The third-order valence-electron chi connectivity index (χ3n) is 3.66. The lowest BCUT2D eigenvalue weighted by Gasteiger charge is -2.11. The first-order chi connectivity index (χ1) is 11.6. The molecule has 0 amide bonds. The van der Waals surface area contributed by atoms with Gasteiger partial charge in [-0.1, -0.05) is 28.9 Å². The van der Waals surface area contributed by atoms with Gasteiger partial charge in [-0.05, 0) is 30.3 Å². The molecule has 1 aliphatic rings. The first-order valence-corrected chi connectivity index (χ1v) is 7.67. The fraction of sp³-hybridized carbons (Fsp3) is 0.176. The van der Waals surface area contributed by atoms with E-state index in [4.69, 9.17) is 11.6 Å². The SMILES string of the molecule is CON=CC1C[N+]([O-])=C(c2ccccc2F)c2cc(Cl)ccc2N1. The quantitative estimate of drug-likeness (QED) is 0.401. The number of halogens is 2. The number of benzodiazepines with no additional fused rings is 1. The molecule has 0 aromatic heterocycles. The minimum atomic E-state index is -0.469. The van der Waals surface area contributed by atoms with E-state index in [0.717, 1.165) is 4.74 Å². The molecule has 2 aromatic rings. The van der Waals surface area contributed by atoms with Crippen molar-refractivity contribution in [3.63, 3.8) is 0 Å². The van der Waals surface area contributed by atoms with Crippen molar-refractivity contribution in [2.45, 2.75) is 6.04 Å². The summed E-state index contributed by atoms with van der Waals surface area (Å²) in [6.45, 7) is 0.0445. The molecule has 1 atom stereocenters. The van der Waals surface area contributed by atoms with E-state index in [9.17, 15) is 9.60 Å². The van der Waals surface area contributed by atoms with E-state index in [-0.39, 0.29) is 17.8 Å². The number of hydrogen-bond acceptors (Lipinski definition) is 4. The van der Waals surface area contributed by atoms with Crippen LogP contribution < -0.4 is 5.32 Å². The van der Waals surface area contributed by atoms with Crippen LogP contribution in [0.2, 0.25) is 5.02 Å². The van der Waals surface area contributed by atoms with Crippen LogP contribution in [0, 0.1) is 11.0 Å². The van der Waals surface area contributed by atoms with Crippen molar-refractivity contribution < 1.29 is 14.0 Å². The lowest BCUT2D eigenvalue weighted by molar-refractivity contribution is -0.455. The number of oxime groups is 1. The maximum Gasteiger partial charge on any atom is 0.230 e. The van der Waals surface area contributed by atoms with E-state index in [1.165, 1.54) is 19.4 Å². The second kappa shape index (κ2) is 6.88. The highest BCUT2D eigenvalue weighted by atomic mass is 35.5. The van der Waals surface area contributed by atoms with Crippen LogP contribution in [0.5, 0.6) is 0 Å². The average Bonchev–Trinajstić information content (AvgIpc) is 2.69. The molecule has 0 spiro atoms. The Hall–Kier alpha value is -2.60. The van der Waals surface area contributed by atoms with Gasteiger partial charge in [-0.2, -0.15) is 0 Å². The van der Waals surface area contributed by atoms with Crippen LogP contribution in [-0.2, 0) is 4.84 Å². The molecule has 3 rings (SSSR count). The number of anilines is 1. The smallest absolute Gasteiger partial charge is 0.230 e. The molecule has 24 heavy (non-hydrogen) atoms. The monoisotopic (exact) mass is 347 g/mol. The molecular formula is C17H15ClFN3O2. The minimum Gasteiger partial charge on any atom is -0.623 e. The maximum atomic E-state index is 14.3. The molecule has 0 radical (unpaired) electrons. The Bertz CT molecular complexity index is 823. The highest BCUT2D eigenvalue weighted by Crippen LogP contribution is 2.27. The molecule has 5 nitrogen and oxygen atoms in total. The van der Waals surface area contributed by atoms with Gasteiger partial charge in [0.05, 0.1) is 17.3 Å². The lowest BCUT2D eigenvalue weighted by atomic mass is 10.00. The van der Waals surface area contributed by atoms with Gasteiger partial charge in [0, 0.05) is 10.7 Å². The number of fused-ring (bicyclic) bond motifs is 1. The van der Waals surface area contributed by atoms with Crippen molar-refractivity contribution in [2.75, 3.05) is 19.0 Å². The van der Waals surface area contributed by atoms with E-state index in [2.05, 4.69) is 15.3 Å². The molecular weight excluding hydrogens is 333 g/mol. The van der Waals surface area contributed by atoms with Gasteiger partial charge in [-0.3, -0.25) is 0 Å². The van der Waals surface area contributed by atoms with Crippen molar-refractivity contribution >= 4 is 29.2 Å². The van der Waals surface area contributed by atoms with Crippen molar-refractivity contribution in [1.29, 1.82) is 0 Å². The molecule has 1 heterocycles. The summed E-state index contributed by atoms with van der Waals surface area (Å²) in [6, 6.07) is 10.9. The zero-order valence-corrected chi connectivity index (χ0v) is 13.6.